The quantitative estimate of drug-likeness (QED) is 0.846. The lowest BCUT2D eigenvalue weighted by molar-refractivity contribution is 0.261. The number of benzene rings is 1. The fourth-order valence-corrected chi connectivity index (χ4v) is 3.85. The van der Waals surface area contributed by atoms with Crippen molar-refractivity contribution in [2.75, 3.05) is 5.73 Å². The van der Waals surface area contributed by atoms with E-state index in [1.54, 1.807) is 0 Å². The molecule has 1 fully saturated rings. The van der Waals surface area contributed by atoms with Gasteiger partial charge >= 0.3 is 0 Å². The molecule has 0 bridgehead atoms. The first-order valence-corrected chi connectivity index (χ1v) is 8.42. The molecule has 3 nitrogen and oxygen atoms in total. The van der Waals surface area contributed by atoms with Gasteiger partial charge in [-0.2, -0.15) is 0 Å². The van der Waals surface area contributed by atoms with Crippen LogP contribution in [0.4, 0.5) is 5.69 Å². The highest BCUT2D eigenvalue weighted by Gasteiger charge is 2.19. The zero-order chi connectivity index (χ0) is 14.8. The van der Waals surface area contributed by atoms with E-state index < -0.39 is 0 Å². The Balaban J connectivity index is 1.79. The number of nitrogens with zero attached hydrogens (tertiary/aromatic N) is 2. The van der Waals surface area contributed by atoms with Crippen LogP contribution in [0.25, 0.3) is 11.0 Å². The van der Waals surface area contributed by atoms with E-state index in [0.717, 1.165) is 36.0 Å². The molecule has 0 spiro atoms. The van der Waals surface area contributed by atoms with Crippen molar-refractivity contribution in [2.24, 2.45) is 11.8 Å². The van der Waals surface area contributed by atoms with Gasteiger partial charge in [-0.1, -0.05) is 33.1 Å². The topological polar surface area (TPSA) is 43.8 Å². The summed E-state index contributed by atoms with van der Waals surface area (Å²) >= 11 is 0. The average Bonchev–Trinajstić information content (AvgIpc) is 2.82. The molecular formula is C18H27N3. The highest BCUT2D eigenvalue weighted by Crippen LogP contribution is 2.31. The molecule has 0 radical (unpaired) electrons. The first-order chi connectivity index (χ1) is 10.2. The maximum absolute atomic E-state index is 5.88. The Morgan fingerprint density at radius 3 is 2.95 bits per heavy atom. The number of fused-ring (bicyclic) bond motifs is 1. The van der Waals surface area contributed by atoms with Crippen LogP contribution in [0, 0.1) is 11.8 Å². The predicted octanol–water partition coefficient (Wildman–Crippen LogP) is 4.40. The second-order valence-electron chi connectivity index (χ2n) is 6.71. The van der Waals surface area contributed by atoms with Gasteiger partial charge in [0.1, 0.15) is 5.82 Å². The molecule has 2 unspecified atom stereocenters. The molecule has 2 aromatic rings. The van der Waals surface area contributed by atoms with Crippen LogP contribution in [0.2, 0.25) is 0 Å². The Morgan fingerprint density at radius 1 is 1.33 bits per heavy atom. The van der Waals surface area contributed by atoms with Crippen molar-refractivity contribution in [3.8, 4) is 0 Å². The van der Waals surface area contributed by atoms with Gasteiger partial charge in [-0.3, -0.25) is 0 Å². The van der Waals surface area contributed by atoms with Gasteiger partial charge in [0, 0.05) is 18.7 Å². The minimum absolute atomic E-state index is 0.802. The maximum atomic E-state index is 5.88. The Labute approximate surface area is 127 Å². The molecule has 0 aliphatic heterocycles. The molecule has 0 amide bonds. The smallest absolute Gasteiger partial charge is 0.109 e. The first-order valence-electron chi connectivity index (χ1n) is 8.42. The first kappa shape index (κ1) is 14.4. The van der Waals surface area contributed by atoms with Gasteiger partial charge in [0.25, 0.3) is 0 Å². The lowest BCUT2D eigenvalue weighted by Gasteiger charge is -2.27. The number of rotatable bonds is 4. The van der Waals surface area contributed by atoms with Gasteiger partial charge in [-0.25, -0.2) is 4.98 Å². The summed E-state index contributed by atoms with van der Waals surface area (Å²) in [6.45, 7) is 5.68. The van der Waals surface area contributed by atoms with E-state index in [9.17, 15) is 0 Å². The van der Waals surface area contributed by atoms with Crippen molar-refractivity contribution in [1.29, 1.82) is 0 Å². The van der Waals surface area contributed by atoms with E-state index in [-0.39, 0.29) is 0 Å². The third kappa shape index (κ3) is 3.07. The fourth-order valence-electron chi connectivity index (χ4n) is 3.85. The standard InChI is InChI=1S/C18H27N3/c1-3-18-20-16-12-15(19)7-8-17(16)21(18)10-9-14-6-4-5-13(2)11-14/h7-8,12-14H,3-6,9-11,19H2,1-2H3. The number of anilines is 1. The average molecular weight is 285 g/mol. The van der Waals surface area contributed by atoms with E-state index in [1.807, 2.05) is 12.1 Å². The summed E-state index contributed by atoms with van der Waals surface area (Å²) in [5, 5.41) is 0. The monoisotopic (exact) mass is 285 g/mol. The highest BCUT2D eigenvalue weighted by atomic mass is 15.1. The lowest BCUT2D eigenvalue weighted by Crippen LogP contribution is -2.16. The van der Waals surface area contributed by atoms with Crippen LogP contribution in [0.15, 0.2) is 18.2 Å². The van der Waals surface area contributed by atoms with Crippen molar-refractivity contribution in [2.45, 2.75) is 58.9 Å². The van der Waals surface area contributed by atoms with Crippen LogP contribution in [0.3, 0.4) is 0 Å². The molecule has 0 saturated heterocycles. The second kappa shape index (κ2) is 6.08. The zero-order valence-corrected chi connectivity index (χ0v) is 13.3. The number of hydrogen-bond acceptors (Lipinski definition) is 2. The predicted molar refractivity (Wildman–Crippen MR) is 89.3 cm³/mol. The second-order valence-corrected chi connectivity index (χ2v) is 6.71. The summed E-state index contributed by atoms with van der Waals surface area (Å²) in [5.41, 5.74) is 8.97. The van der Waals surface area contributed by atoms with Gasteiger partial charge < -0.3 is 10.3 Å². The van der Waals surface area contributed by atoms with Gasteiger partial charge in [0.2, 0.25) is 0 Å². The summed E-state index contributed by atoms with van der Waals surface area (Å²) in [6, 6.07) is 6.11. The Morgan fingerprint density at radius 2 is 2.19 bits per heavy atom. The maximum Gasteiger partial charge on any atom is 0.109 e. The van der Waals surface area contributed by atoms with Crippen LogP contribution in [-0.4, -0.2) is 9.55 Å². The molecule has 114 valence electrons. The van der Waals surface area contributed by atoms with Crippen LogP contribution < -0.4 is 5.73 Å². The Bertz CT molecular complexity index is 614. The number of aromatic nitrogens is 2. The third-order valence-electron chi connectivity index (χ3n) is 4.97. The van der Waals surface area contributed by atoms with Crippen molar-refractivity contribution in [3.05, 3.63) is 24.0 Å². The molecule has 1 aromatic heterocycles. The van der Waals surface area contributed by atoms with Gasteiger partial charge in [-0.15, -0.1) is 0 Å². The van der Waals surface area contributed by atoms with Crippen molar-refractivity contribution >= 4 is 16.7 Å². The molecular weight excluding hydrogens is 258 g/mol. The van der Waals surface area contributed by atoms with Gasteiger partial charge in [0.05, 0.1) is 11.0 Å². The number of nitrogens with two attached hydrogens (primary N) is 1. The van der Waals surface area contributed by atoms with E-state index in [2.05, 4.69) is 24.5 Å². The van der Waals surface area contributed by atoms with E-state index in [1.165, 1.54) is 43.4 Å². The molecule has 1 aromatic carbocycles. The van der Waals surface area contributed by atoms with E-state index in [4.69, 9.17) is 10.7 Å². The molecule has 2 N–H and O–H groups in total. The number of imidazole rings is 1. The highest BCUT2D eigenvalue weighted by molar-refractivity contribution is 5.79. The largest absolute Gasteiger partial charge is 0.399 e. The molecule has 2 atom stereocenters. The SMILES string of the molecule is CCc1nc2cc(N)ccc2n1CCC1CCCC(C)C1. The number of nitrogen functional groups attached to an aromatic ring is 1. The molecule has 21 heavy (non-hydrogen) atoms. The normalized spacial score (nSPS) is 22.8. The summed E-state index contributed by atoms with van der Waals surface area (Å²) in [4.78, 5) is 4.75. The van der Waals surface area contributed by atoms with Gasteiger partial charge in [0.15, 0.2) is 0 Å². The van der Waals surface area contributed by atoms with Crippen LogP contribution >= 0.6 is 0 Å². The molecule has 3 heteroatoms. The minimum atomic E-state index is 0.802. The minimum Gasteiger partial charge on any atom is -0.399 e. The van der Waals surface area contributed by atoms with Crippen LogP contribution in [-0.2, 0) is 13.0 Å². The summed E-state index contributed by atoms with van der Waals surface area (Å²) < 4.78 is 2.41. The number of hydrogen-bond donors (Lipinski definition) is 1. The van der Waals surface area contributed by atoms with Gasteiger partial charge in [-0.05, 0) is 42.9 Å². The summed E-state index contributed by atoms with van der Waals surface area (Å²) in [6.07, 6.45) is 7.91. The van der Waals surface area contributed by atoms with Crippen LogP contribution in [0.5, 0.6) is 0 Å². The van der Waals surface area contributed by atoms with E-state index >= 15 is 0 Å². The summed E-state index contributed by atoms with van der Waals surface area (Å²) in [7, 11) is 0. The van der Waals surface area contributed by atoms with Crippen molar-refractivity contribution < 1.29 is 0 Å². The zero-order valence-electron chi connectivity index (χ0n) is 13.3. The fraction of sp³-hybridized carbons (Fsp3) is 0.611. The lowest BCUT2D eigenvalue weighted by atomic mass is 9.81. The van der Waals surface area contributed by atoms with Crippen LogP contribution in [0.1, 0.15) is 51.8 Å². The summed E-state index contributed by atoms with van der Waals surface area (Å²) in [5.74, 6) is 3.00. The molecule has 1 saturated carbocycles. The molecule has 3 rings (SSSR count). The molecule has 1 aliphatic carbocycles. The Kier molecular flexibility index (Phi) is 4.18. The van der Waals surface area contributed by atoms with E-state index in [0.29, 0.717) is 0 Å². The van der Waals surface area contributed by atoms with Crippen molar-refractivity contribution in [1.82, 2.24) is 9.55 Å². The van der Waals surface area contributed by atoms with Crippen molar-refractivity contribution in [3.63, 3.8) is 0 Å². The molecule has 1 aliphatic rings. The Hall–Kier alpha value is -1.51. The number of aryl methyl sites for hydroxylation is 2. The third-order valence-corrected chi connectivity index (χ3v) is 4.97. The molecule has 1 heterocycles.